The summed E-state index contributed by atoms with van der Waals surface area (Å²) in [5, 5.41) is 2.85. The van der Waals surface area contributed by atoms with Gasteiger partial charge >= 0.3 is 0 Å². The maximum atomic E-state index is 12.0. The third-order valence-electron chi connectivity index (χ3n) is 2.26. The molecule has 6 heteroatoms. The summed E-state index contributed by atoms with van der Waals surface area (Å²) in [5.41, 5.74) is 6.65. The summed E-state index contributed by atoms with van der Waals surface area (Å²) in [6.45, 7) is 2.38. The predicted molar refractivity (Wildman–Crippen MR) is 72.5 cm³/mol. The van der Waals surface area contributed by atoms with Gasteiger partial charge in [-0.25, -0.2) is 4.98 Å². The summed E-state index contributed by atoms with van der Waals surface area (Å²) >= 11 is 6.36. The normalized spacial score (nSPS) is 10.4. The second-order valence-electron chi connectivity index (χ2n) is 3.60. The quantitative estimate of drug-likeness (QED) is 0.850. The standard InChI is InChI=1S/C11H11N3OS2/c1-7-6-17-9(13-7)5-14-4-2-3-8(10(12)16)11(14)15/h2-4,6H,5H2,1H3,(H2,12,16). The number of thiocarbonyl (C=S) groups is 1. The van der Waals surface area contributed by atoms with Crippen LogP contribution in [0.2, 0.25) is 0 Å². The fourth-order valence-corrected chi connectivity index (χ4v) is 2.39. The van der Waals surface area contributed by atoms with Gasteiger partial charge in [-0.15, -0.1) is 11.3 Å². The first kappa shape index (κ1) is 11.9. The Hall–Kier alpha value is -1.53. The molecular formula is C11H11N3OS2. The van der Waals surface area contributed by atoms with Crippen LogP contribution in [0, 0.1) is 6.92 Å². The van der Waals surface area contributed by atoms with Gasteiger partial charge in [0.1, 0.15) is 10.00 Å². The van der Waals surface area contributed by atoms with Crippen LogP contribution in [0.5, 0.6) is 0 Å². The molecule has 17 heavy (non-hydrogen) atoms. The van der Waals surface area contributed by atoms with Crippen molar-refractivity contribution in [2.24, 2.45) is 5.73 Å². The molecule has 2 rings (SSSR count). The van der Waals surface area contributed by atoms with Crippen LogP contribution < -0.4 is 11.3 Å². The number of aryl methyl sites for hydroxylation is 1. The van der Waals surface area contributed by atoms with Gasteiger partial charge in [-0.1, -0.05) is 12.2 Å². The molecule has 2 N–H and O–H groups in total. The van der Waals surface area contributed by atoms with Crippen LogP contribution in [-0.2, 0) is 6.54 Å². The molecule has 0 aliphatic rings. The van der Waals surface area contributed by atoms with Crippen LogP contribution in [-0.4, -0.2) is 14.5 Å². The Morgan fingerprint density at radius 2 is 2.41 bits per heavy atom. The minimum Gasteiger partial charge on any atom is -0.389 e. The van der Waals surface area contributed by atoms with Crippen LogP contribution in [0.3, 0.4) is 0 Å². The van der Waals surface area contributed by atoms with Crippen molar-refractivity contribution in [3.05, 3.63) is 50.3 Å². The molecule has 0 amide bonds. The van der Waals surface area contributed by atoms with Crippen LogP contribution in [0.15, 0.2) is 28.5 Å². The molecule has 4 nitrogen and oxygen atoms in total. The smallest absolute Gasteiger partial charge is 0.261 e. The average Bonchev–Trinajstić information content (AvgIpc) is 2.67. The minimum atomic E-state index is -0.173. The molecule has 0 saturated heterocycles. The van der Waals surface area contributed by atoms with E-state index in [1.54, 1.807) is 22.9 Å². The number of hydrogen-bond donors (Lipinski definition) is 1. The van der Waals surface area contributed by atoms with Gasteiger partial charge < -0.3 is 10.3 Å². The number of pyridine rings is 1. The summed E-state index contributed by atoms with van der Waals surface area (Å²) in [6.07, 6.45) is 1.71. The highest BCUT2D eigenvalue weighted by Crippen LogP contribution is 2.09. The van der Waals surface area contributed by atoms with Crippen molar-refractivity contribution in [3.63, 3.8) is 0 Å². The third-order valence-corrected chi connectivity index (χ3v) is 3.43. The lowest BCUT2D eigenvalue weighted by molar-refractivity contribution is 0.750. The molecule has 0 bridgehead atoms. The lowest BCUT2D eigenvalue weighted by atomic mass is 10.3. The third kappa shape index (κ3) is 2.59. The predicted octanol–water partition coefficient (Wildman–Crippen LogP) is 1.30. The minimum absolute atomic E-state index is 0.125. The molecule has 0 aromatic carbocycles. The van der Waals surface area contributed by atoms with Crippen LogP contribution >= 0.6 is 23.6 Å². The molecule has 2 heterocycles. The summed E-state index contributed by atoms with van der Waals surface area (Å²) in [6, 6.07) is 3.39. The molecule has 0 spiro atoms. The fourth-order valence-electron chi connectivity index (χ4n) is 1.47. The Balaban J connectivity index is 2.37. The second-order valence-corrected chi connectivity index (χ2v) is 4.98. The number of thiazole rings is 1. The van der Waals surface area contributed by atoms with Crippen molar-refractivity contribution in [1.82, 2.24) is 9.55 Å². The molecule has 0 saturated carbocycles. The van der Waals surface area contributed by atoms with Crippen molar-refractivity contribution in [2.75, 3.05) is 0 Å². The molecule has 88 valence electrons. The Bertz CT molecular complexity index is 615. The number of nitrogens with two attached hydrogens (primary N) is 1. The van der Waals surface area contributed by atoms with Crippen molar-refractivity contribution in [3.8, 4) is 0 Å². The van der Waals surface area contributed by atoms with Crippen molar-refractivity contribution in [1.29, 1.82) is 0 Å². The monoisotopic (exact) mass is 265 g/mol. The zero-order valence-electron chi connectivity index (χ0n) is 9.21. The van der Waals surface area contributed by atoms with E-state index in [0.29, 0.717) is 12.1 Å². The van der Waals surface area contributed by atoms with Crippen LogP contribution in [0.4, 0.5) is 0 Å². The van der Waals surface area contributed by atoms with Gasteiger partial charge in [0.05, 0.1) is 12.1 Å². The van der Waals surface area contributed by atoms with Gasteiger partial charge in [-0.3, -0.25) is 4.79 Å². The Labute approximate surface area is 108 Å². The summed E-state index contributed by atoms with van der Waals surface area (Å²) in [5.74, 6) is 0. The highest BCUT2D eigenvalue weighted by molar-refractivity contribution is 7.80. The number of nitrogens with zero attached hydrogens (tertiary/aromatic N) is 2. The Morgan fingerprint density at radius 3 is 3.00 bits per heavy atom. The average molecular weight is 265 g/mol. The first-order chi connectivity index (χ1) is 8.08. The largest absolute Gasteiger partial charge is 0.389 e. The molecular weight excluding hydrogens is 254 g/mol. The van der Waals surface area contributed by atoms with Gasteiger partial charge in [-0.2, -0.15) is 0 Å². The zero-order chi connectivity index (χ0) is 12.4. The van der Waals surface area contributed by atoms with Crippen molar-refractivity contribution in [2.45, 2.75) is 13.5 Å². The number of hydrogen-bond acceptors (Lipinski definition) is 4. The van der Waals surface area contributed by atoms with Crippen molar-refractivity contribution >= 4 is 28.5 Å². The topological polar surface area (TPSA) is 60.9 Å². The summed E-state index contributed by atoms with van der Waals surface area (Å²) in [4.78, 5) is 16.4. The number of aromatic nitrogens is 2. The van der Waals surface area contributed by atoms with E-state index < -0.39 is 0 Å². The van der Waals surface area contributed by atoms with E-state index in [1.807, 2.05) is 12.3 Å². The van der Waals surface area contributed by atoms with Gasteiger partial charge in [0.2, 0.25) is 0 Å². The van der Waals surface area contributed by atoms with Gasteiger partial charge in [-0.05, 0) is 19.1 Å². The second kappa shape index (κ2) is 4.77. The van der Waals surface area contributed by atoms with E-state index in [4.69, 9.17) is 18.0 Å². The molecule has 0 radical (unpaired) electrons. The molecule has 0 unspecified atom stereocenters. The lowest BCUT2D eigenvalue weighted by Gasteiger charge is -2.05. The van der Waals surface area contributed by atoms with E-state index in [1.165, 1.54) is 11.3 Å². The van der Waals surface area contributed by atoms with Crippen molar-refractivity contribution < 1.29 is 0 Å². The Morgan fingerprint density at radius 1 is 1.65 bits per heavy atom. The van der Waals surface area contributed by atoms with E-state index in [2.05, 4.69) is 4.98 Å². The molecule has 2 aromatic heterocycles. The van der Waals surface area contributed by atoms with Crippen LogP contribution in [0.25, 0.3) is 0 Å². The van der Waals surface area contributed by atoms with Crippen LogP contribution in [0.1, 0.15) is 16.3 Å². The maximum absolute atomic E-state index is 12.0. The van der Waals surface area contributed by atoms with Gasteiger partial charge in [0, 0.05) is 17.3 Å². The Kier molecular flexibility index (Phi) is 3.35. The molecule has 0 atom stereocenters. The van der Waals surface area contributed by atoms with E-state index in [-0.39, 0.29) is 10.5 Å². The van der Waals surface area contributed by atoms with Gasteiger partial charge in [0.25, 0.3) is 5.56 Å². The molecule has 0 aliphatic heterocycles. The zero-order valence-corrected chi connectivity index (χ0v) is 10.8. The molecule has 0 aliphatic carbocycles. The first-order valence-electron chi connectivity index (χ1n) is 4.98. The van der Waals surface area contributed by atoms with Gasteiger partial charge in [0.15, 0.2) is 0 Å². The maximum Gasteiger partial charge on any atom is 0.261 e. The molecule has 0 fully saturated rings. The fraction of sp³-hybridized carbons (Fsp3) is 0.182. The summed E-state index contributed by atoms with van der Waals surface area (Å²) < 4.78 is 1.56. The highest BCUT2D eigenvalue weighted by Gasteiger charge is 2.07. The van der Waals surface area contributed by atoms with E-state index in [9.17, 15) is 4.79 Å². The molecule has 2 aromatic rings. The SMILES string of the molecule is Cc1csc(Cn2cccc(C(N)=S)c2=O)n1. The summed E-state index contributed by atoms with van der Waals surface area (Å²) in [7, 11) is 0. The number of rotatable bonds is 3. The first-order valence-corrected chi connectivity index (χ1v) is 6.27. The lowest BCUT2D eigenvalue weighted by Crippen LogP contribution is -2.28. The van der Waals surface area contributed by atoms with E-state index >= 15 is 0 Å². The van der Waals surface area contributed by atoms with E-state index in [0.717, 1.165) is 10.7 Å². The highest BCUT2D eigenvalue weighted by atomic mass is 32.1.